The van der Waals surface area contributed by atoms with Crippen molar-refractivity contribution in [3.05, 3.63) is 33.3 Å². The lowest BCUT2D eigenvalue weighted by Crippen LogP contribution is -2.35. The molecule has 1 unspecified atom stereocenters. The van der Waals surface area contributed by atoms with Crippen LogP contribution in [0.1, 0.15) is 16.8 Å². The molecule has 0 aliphatic carbocycles. The Balaban J connectivity index is 2.08. The first-order valence-electron chi connectivity index (χ1n) is 5.33. The van der Waals surface area contributed by atoms with Crippen molar-refractivity contribution in [2.45, 2.75) is 12.5 Å². The van der Waals surface area contributed by atoms with Crippen molar-refractivity contribution in [1.82, 2.24) is 5.32 Å². The second kappa shape index (κ2) is 5.19. The molecule has 0 spiro atoms. The first kappa shape index (κ1) is 13.8. The van der Waals surface area contributed by atoms with Crippen molar-refractivity contribution in [2.75, 3.05) is 11.5 Å². The van der Waals surface area contributed by atoms with Gasteiger partial charge in [-0.05, 0) is 24.6 Å². The fourth-order valence-corrected chi connectivity index (χ4v) is 4.40. The minimum Gasteiger partial charge on any atom is -0.348 e. The first-order valence-corrected chi connectivity index (χ1v) is 8.32. The van der Waals surface area contributed by atoms with Gasteiger partial charge < -0.3 is 5.32 Å². The van der Waals surface area contributed by atoms with Crippen LogP contribution in [0.25, 0.3) is 0 Å². The molecule has 1 aromatic rings. The van der Waals surface area contributed by atoms with Gasteiger partial charge in [0.25, 0.3) is 5.91 Å². The minimum absolute atomic E-state index is 0.0144. The Bertz CT molecular complexity index is 568. The predicted molar refractivity (Wildman–Crippen MR) is 73.7 cm³/mol. The first-order chi connectivity index (χ1) is 8.35. The highest BCUT2D eigenvalue weighted by molar-refractivity contribution is 9.10. The van der Waals surface area contributed by atoms with Gasteiger partial charge in [-0.2, -0.15) is 0 Å². The molecule has 18 heavy (non-hydrogen) atoms. The highest BCUT2D eigenvalue weighted by atomic mass is 79.9. The van der Waals surface area contributed by atoms with Gasteiger partial charge in [-0.15, -0.1) is 0 Å². The van der Waals surface area contributed by atoms with E-state index < -0.39 is 9.84 Å². The maximum absolute atomic E-state index is 11.9. The Labute approximate surface area is 119 Å². The van der Waals surface area contributed by atoms with Crippen LogP contribution in [0.15, 0.2) is 22.7 Å². The molecule has 0 bridgehead atoms. The second-order valence-electron chi connectivity index (χ2n) is 4.23. The van der Waals surface area contributed by atoms with Crippen LogP contribution in [0.4, 0.5) is 0 Å². The summed E-state index contributed by atoms with van der Waals surface area (Å²) in [6.07, 6.45) is 0.468. The smallest absolute Gasteiger partial charge is 0.251 e. The molecule has 0 radical (unpaired) electrons. The van der Waals surface area contributed by atoms with Crippen molar-refractivity contribution < 1.29 is 13.2 Å². The van der Waals surface area contributed by atoms with Crippen LogP contribution in [0, 0.1) is 0 Å². The summed E-state index contributed by atoms with van der Waals surface area (Å²) in [5, 5.41) is 3.16. The summed E-state index contributed by atoms with van der Waals surface area (Å²) in [7, 11) is -2.99. The van der Waals surface area contributed by atoms with Crippen LogP contribution in [-0.2, 0) is 9.84 Å². The maximum Gasteiger partial charge on any atom is 0.251 e. The molecule has 2 rings (SSSR count). The highest BCUT2D eigenvalue weighted by Crippen LogP contribution is 2.20. The molecule has 7 heteroatoms. The van der Waals surface area contributed by atoms with E-state index in [0.717, 1.165) is 0 Å². The number of sulfone groups is 1. The average molecular weight is 353 g/mol. The Kier molecular flexibility index (Phi) is 3.99. The summed E-state index contributed by atoms with van der Waals surface area (Å²) in [6.45, 7) is 0. The number of benzene rings is 1. The van der Waals surface area contributed by atoms with Crippen molar-refractivity contribution >= 4 is 43.3 Å². The SMILES string of the molecule is O=C(NC1CCS(=O)(=O)C1)c1cc(Cl)cc(Br)c1. The molecule has 1 saturated heterocycles. The topological polar surface area (TPSA) is 63.2 Å². The fraction of sp³-hybridized carbons (Fsp3) is 0.364. The summed E-state index contributed by atoms with van der Waals surface area (Å²) in [4.78, 5) is 11.9. The third kappa shape index (κ3) is 3.46. The summed E-state index contributed by atoms with van der Waals surface area (Å²) in [5.74, 6) is -0.155. The average Bonchev–Trinajstić information content (AvgIpc) is 2.56. The fourth-order valence-electron chi connectivity index (χ4n) is 1.86. The molecule has 1 fully saturated rings. The van der Waals surface area contributed by atoms with E-state index in [9.17, 15) is 13.2 Å². The normalized spacial score (nSPS) is 21.8. The maximum atomic E-state index is 11.9. The van der Waals surface area contributed by atoms with E-state index in [2.05, 4.69) is 21.2 Å². The third-order valence-corrected chi connectivity index (χ3v) is 5.14. The molecule has 0 aromatic heterocycles. The van der Waals surface area contributed by atoms with Crippen LogP contribution in [0.5, 0.6) is 0 Å². The molecule has 0 saturated carbocycles. The number of carbonyl (C=O) groups is 1. The van der Waals surface area contributed by atoms with E-state index in [-0.39, 0.29) is 23.5 Å². The van der Waals surface area contributed by atoms with E-state index in [1.54, 1.807) is 18.2 Å². The van der Waals surface area contributed by atoms with E-state index in [0.29, 0.717) is 21.5 Å². The molecular weight excluding hydrogens is 342 g/mol. The molecule has 4 nitrogen and oxygen atoms in total. The molecule has 1 aliphatic rings. The number of hydrogen-bond donors (Lipinski definition) is 1. The molecule has 1 atom stereocenters. The second-order valence-corrected chi connectivity index (χ2v) is 7.81. The zero-order valence-electron chi connectivity index (χ0n) is 9.32. The lowest BCUT2D eigenvalue weighted by molar-refractivity contribution is 0.0941. The zero-order valence-corrected chi connectivity index (χ0v) is 12.5. The number of halogens is 2. The van der Waals surface area contributed by atoms with Crippen molar-refractivity contribution in [3.63, 3.8) is 0 Å². The molecular formula is C11H11BrClNO3S. The van der Waals surface area contributed by atoms with Gasteiger partial charge in [0.2, 0.25) is 0 Å². The molecule has 1 amide bonds. The van der Waals surface area contributed by atoms with Gasteiger partial charge in [0, 0.05) is 21.1 Å². The van der Waals surface area contributed by atoms with Gasteiger partial charge in [0.05, 0.1) is 11.5 Å². The number of amides is 1. The van der Waals surface area contributed by atoms with Crippen molar-refractivity contribution in [1.29, 1.82) is 0 Å². The summed E-state index contributed by atoms with van der Waals surface area (Å²) in [5.41, 5.74) is 0.415. The summed E-state index contributed by atoms with van der Waals surface area (Å²) < 4.78 is 23.3. The lowest BCUT2D eigenvalue weighted by atomic mass is 10.2. The van der Waals surface area contributed by atoms with Crippen LogP contribution in [0.2, 0.25) is 5.02 Å². The van der Waals surface area contributed by atoms with E-state index in [1.165, 1.54) is 0 Å². The molecule has 98 valence electrons. The van der Waals surface area contributed by atoms with Gasteiger partial charge in [0.1, 0.15) is 0 Å². The van der Waals surface area contributed by atoms with E-state index in [4.69, 9.17) is 11.6 Å². The third-order valence-electron chi connectivity index (χ3n) is 2.69. The predicted octanol–water partition coefficient (Wildman–Crippen LogP) is 2.02. The van der Waals surface area contributed by atoms with Gasteiger partial charge >= 0.3 is 0 Å². The van der Waals surface area contributed by atoms with E-state index >= 15 is 0 Å². The number of rotatable bonds is 2. The Morgan fingerprint density at radius 3 is 2.67 bits per heavy atom. The highest BCUT2D eigenvalue weighted by Gasteiger charge is 2.29. The summed E-state index contributed by atoms with van der Waals surface area (Å²) >= 11 is 9.10. The largest absolute Gasteiger partial charge is 0.348 e. The number of carbonyl (C=O) groups excluding carboxylic acids is 1. The Morgan fingerprint density at radius 2 is 2.11 bits per heavy atom. The number of hydrogen-bond acceptors (Lipinski definition) is 3. The van der Waals surface area contributed by atoms with Gasteiger partial charge in [-0.25, -0.2) is 8.42 Å². The standard InChI is InChI=1S/C11H11BrClNO3S/c12-8-3-7(4-9(13)5-8)11(15)14-10-1-2-18(16,17)6-10/h3-5,10H,1-2,6H2,(H,14,15). The molecule has 1 aromatic carbocycles. The lowest BCUT2D eigenvalue weighted by Gasteiger charge is -2.11. The van der Waals surface area contributed by atoms with Crippen molar-refractivity contribution in [2.24, 2.45) is 0 Å². The zero-order chi connectivity index (χ0) is 13.3. The van der Waals surface area contributed by atoms with E-state index in [1.807, 2.05) is 0 Å². The van der Waals surface area contributed by atoms with Crippen LogP contribution in [0.3, 0.4) is 0 Å². The van der Waals surface area contributed by atoms with Gasteiger partial charge in [0.15, 0.2) is 9.84 Å². The van der Waals surface area contributed by atoms with Crippen LogP contribution < -0.4 is 5.32 Å². The molecule has 1 aliphatic heterocycles. The molecule has 1 N–H and O–H groups in total. The minimum atomic E-state index is -2.99. The van der Waals surface area contributed by atoms with Gasteiger partial charge in [-0.1, -0.05) is 27.5 Å². The molecule has 1 heterocycles. The van der Waals surface area contributed by atoms with Crippen molar-refractivity contribution in [3.8, 4) is 0 Å². The quantitative estimate of drug-likeness (QED) is 0.885. The Hall–Kier alpha value is -0.590. The summed E-state index contributed by atoms with van der Waals surface area (Å²) in [6, 6.07) is 4.56. The van der Waals surface area contributed by atoms with Crippen LogP contribution >= 0.6 is 27.5 Å². The van der Waals surface area contributed by atoms with Gasteiger partial charge in [-0.3, -0.25) is 4.79 Å². The Morgan fingerprint density at radius 1 is 1.39 bits per heavy atom. The van der Waals surface area contributed by atoms with Crippen LogP contribution in [-0.4, -0.2) is 31.9 Å². The monoisotopic (exact) mass is 351 g/mol. The number of nitrogens with one attached hydrogen (secondary N) is 1.